The predicted octanol–water partition coefficient (Wildman–Crippen LogP) is 3.90. The first-order chi connectivity index (χ1) is 4.24. The molecule has 0 aromatic heterocycles. The summed E-state index contributed by atoms with van der Waals surface area (Å²) in [7, 11) is 7.96. The molecule has 0 heterocycles. The van der Waals surface area contributed by atoms with E-state index in [-0.39, 0.29) is 0 Å². The lowest BCUT2D eigenvalue weighted by atomic mass is 12.0. The first-order valence-electron chi connectivity index (χ1n) is 2.30. The smallest absolute Gasteiger partial charge is 0.00715 e. The van der Waals surface area contributed by atoms with Gasteiger partial charge in [-0.25, -0.2) is 0 Å². The zero-order valence-electron chi connectivity index (χ0n) is 6.04. The fourth-order valence-corrected chi connectivity index (χ4v) is 11.0. The SMILES string of the molecule is CSS(SC)(SC)SC. The van der Waals surface area contributed by atoms with Crippen LogP contribution >= 0.6 is 49.3 Å². The largest absolute Gasteiger partial charge is 0.0875 e. The van der Waals surface area contributed by atoms with Gasteiger partial charge in [0.2, 0.25) is 0 Å². The Labute approximate surface area is 74.0 Å². The van der Waals surface area contributed by atoms with Crippen molar-refractivity contribution in [2.75, 3.05) is 25.0 Å². The highest BCUT2D eigenvalue weighted by molar-refractivity contribution is 9.67. The average molecular weight is 220 g/mol. The van der Waals surface area contributed by atoms with Crippen LogP contribution in [0.15, 0.2) is 0 Å². The molecule has 58 valence electrons. The molecule has 0 saturated heterocycles. The van der Waals surface area contributed by atoms with Crippen molar-refractivity contribution in [2.45, 2.75) is 0 Å². The molecule has 0 amide bonds. The van der Waals surface area contributed by atoms with Crippen molar-refractivity contribution in [2.24, 2.45) is 0 Å². The van der Waals surface area contributed by atoms with E-state index < -0.39 is 6.16 Å². The highest BCUT2D eigenvalue weighted by atomic mass is 34.1. The molecular weight excluding hydrogens is 208 g/mol. The molecule has 0 atom stereocenters. The summed E-state index contributed by atoms with van der Waals surface area (Å²) in [5.41, 5.74) is 0. The molecule has 0 spiro atoms. The third kappa shape index (κ3) is 3.10. The predicted molar refractivity (Wildman–Crippen MR) is 61.7 cm³/mol. The molecule has 0 aromatic carbocycles. The molecule has 0 aliphatic rings. The average Bonchev–Trinajstić information content (AvgIpc) is 1.95. The van der Waals surface area contributed by atoms with Crippen LogP contribution in [0.4, 0.5) is 0 Å². The van der Waals surface area contributed by atoms with Crippen LogP contribution in [0.25, 0.3) is 0 Å². The highest BCUT2D eigenvalue weighted by Gasteiger charge is 2.18. The molecular formula is C4H12S5. The van der Waals surface area contributed by atoms with Crippen molar-refractivity contribution in [3.8, 4) is 0 Å². The monoisotopic (exact) mass is 220 g/mol. The molecule has 0 fully saturated rings. The standard InChI is InChI=1S/C4H12S5/c1-5-9(6-2,7-3)8-4/h1-4H3. The lowest BCUT2D eigenvalue weighted by molar-refractivity contribution is 2.52. The normalized spacial score (nSPS) is 13.8. The third-order valence-electron chi connectivity index (χ3n) is 0.816. The van der Waals surface area contributed by atoms with Crippen LogP contribution in [0.1, 0.15) is 0 Å². The lowest BCUT2D eigenvalue weighted by Gasteiger charge is -2.30. The van der Waals surface area contributed by atoms with Gasteiger partial charge in [-0.15, -0.1) is 0 Å². The zero-order valence-corrected chi connectivity index (χ0v) is 10.1. The summed E-state index contributed by atoms with van der Waals surface area (Å²) in [4.78, 5) is 0. The third-order valence-corrected chi connectivity index (χ3v) is 22.0. The van der Waals surface area contributed by atoms with Gasteiger partial charge in [0.05, 0.1) is 0 Å². The van der Waals surface area contributed by atoms with Crippen molar-refractivity contribution in [1.82, 2.24) is 0 Å². The van der Waals surface area contributed by atoms with E-state index in [4.69, 9.17) is 0 Å². The van der Waals surface area contributed by atoms with E-state index in [9.17, 15) is 0 Å². The van der Waals surface area contributed by atoms with Crippen LogP contribution in [0.2, 0.25) is 0 Å². The van der Waals surface area contributed by atoms with Gasteiger partial charge >= 0.3 is 0 Å². The molecule has 0 aliphatic carbocycles. The fraction of sp³-hybridized carbons (Fsp3) is 1.00. The van der Waals surface area contributed by atoms with Crippen molar-refractivity contribution in [1.29, 1.82) is 0 Å². The Balaban J connectivity index is 3.82. The fourth-order valence-electron chi connectivity index (χ4n) is 0.408. The van der Waals surface area contributed by atoms with Gasteiger partial charge in [0.25, 0.3) is 0 Å². The molecule has 0 bridgehead atoms. The summed E-state index contributed by atoms with van der Waals surface area (Å²) in [6.07, 6.45) is 8.29. The summed E-state index contributed by atoms with van der Waals surface area (Å²) < 4.78 is 0. The summed E-state index contributed by atoms with van der Waals surface area (Å²) in [6.45, 7) is 0. The second-order valence-electron chi connectivity index (χ2n) is 1.07. The van der Waals surface area contributed by atoms with Crippen molar-refractivity contribution >= 4 is 49.3 Å². The second kappa shape index (κ2) is 5.41. The van der Waals surface area contributed by atoms with Crippen molar-refractivity contribution < 1.29 is 0 Å². The van der Waals surface area contributed by atoms with E-state index in [0.717, 1.165) is 0 Å². The van der Waals surface area contributed by atoms with E-state index in [1.165, 1.54) is 0 Å². The Kier molecular flexibility index (Phi) is 6.46. The maximum Gasteiger partial charge on any atom is -0.00715 e. The summed E-state index contributed by atoms with van der Waals surface area (Å²) in [5, 5.41) is 0. The van der Waals surface area contributed by atoms with Gasteiger partial charge in [-0.05, 0) is 31.2 Å². The lowest BCUT2D eigenvalue weighted by Crippen LogP contribution is -1.71. The topological polar surface area (TPSA) is 0 Å². The Morgan fingerprint density at radius 1 is 0.667 bits per heavy atom. The number of hydrogen-bond acceptors (Lipinski definition) is 4. The first-order valence-corrected chi connectivity index (χ1v) is 10.9. The molecule has 0 unspecified atom stereocenters. The molecule has 5 heteroatoms. The summed E-state index contributed by atoms with van der Waals surface area (Å²) >= 11 is 0. The van der Waals surface area contributed by atoms with Crippen LogP contribution < -0.4 is 0 Å². The quantitative estimate of drug-likeness (QED) is 0.659. The van der Waals surface area contributed by atoms with Crippen molar-refractivity contribution in [3.63, 3.8) is 0 Å². The van der Waals surface area contributed by atoms with E-state index in [0.29, 0.717) is 0 Å². The van der Waals surface area contributed by atoms with Gasteiger partial charge in [-0.1, -0.05) is 43.2 Å². The van der Waals surface area contributed by atoms with Gasteiger partial charge in [0.15, 0.2) is 0 Å². The first kappa shape index (κ1) is 10.8. The van der Waals surface area contributed by atoms with Crippen LogP contribution in [0, 0.1) is 0 Å². The Bertz CT molecular complexity index is 51.8. The maximum atomic E-state index is 2.19. The van der Waals surface area contributed by atoms with Crippen LogP contribution in [-0.4, -0.2) is 25.0 Å². The molecule has 0 nitrogen and oxygen atoms in total. The molecule has 0 saturated carbocycles. The van der Waals surface area contributed by atoms with Gasteiger partial charge in [-0.2, -0.15) is 0 Å². The molecule has 9 heavy (non-hydrogen) atoms. The Morgan fingerprint density at radius 3 is 0.889 bits per heavy atom. The van der Waals surface area contributed by atoms with E-state index in [1.807, 2.05) is 43.2 Å². The van der Waals surface area contributed by atoms with Crippen molar-refractivity contribution in [3.05, 3.63) is 0 Å². The van der Waals surface area contributed by atoms with E-state index in [2.05, 4.69) is 25.0 Å². The minimum atomic E-state index is -0.481. The van der Waals surface area contributed by atoms with Gasteiger partial charge in [-0.3, -0.25) is 0 Å². The summed E-state index contributed by atoms with van der Waals surface area (Å²) in [5.74, 6) is 0. The van der Waals surface area contributed by atoms with E-state index >= 15 is 0 Å². The van der Waals surface area contributed by atoms with Gasteiger partial charge < -0.3 is 0 Å². The molecule has 0 N–H and O–H groups in total. The minimum absolute atomic E-state index is 0.481. The van der Waals surface area contributed by atoms with Crippen LogP contribution in [0.5, 0.6) is 0 Å². The van der Waals surface area contributed by atoms with Gasteiger partial charge in [0, 0.05) is 0 Å². The Morgan fingerprint density at radius 2 is 0.889 bits per heavy atom. The molecule has 0 radical (unpaired) electrons. The Hall–Kier alpha value is 1.75. The van der Waals surface area contributed by atoms with E-state index in [1.54, 1.807) is 0 Å². The molecule has 0 rings (SSSR count). The molecule has 0 aromatic rings. The molecule has 0 aliphatic heterocycles. The second-order valence-corrected chi connectivity index (χ2v) is 17.0. The van der Waals surface area contributed by atoms with Crippen LogP contribution in [0.3, 0.4) is 0 Å². The summed E-state index contributed by atoms with van der Waals surface area (Å²) in [6, 6.07) is 0. The zero-order chi connectivity index (χ0) is 7.33. The van der Waals surface area contributed by atoms with Crippen LogP contribution in [-0.2, 0) is 0 Å². The number of rotatable bonds is 4. The minimum Gasteiger partial charge on any atom is -0.0875 e. The maximum absolute atomic E-state index is 2.19. The van der Waals surface area contributed by atoms with Gasteiger partial charge in [0.1, 0.15) is 0 Å². The highest BCUT2D eigenvalue weighted by Crippen LogP contribution is 2.82. The number of hydrogen-bond donors (Lipinski definition) is 0.